The van der Waals surface area contributed by atoms with E-state index in [-0.39, 0.29) is 48.8 Å². The van der Waals surface area contributed by atoms with Crippen molar-refractivity contribution in [1.29, 1.82) is 0 Å². The Kier molecular flexibility index (Phi) is 6.18. The average Bonchev–Trinajstić information content (AvgIpc) is 3.53. The summed E-state index contributed by atoms with van der Waals surface area (Å²) in [5.74, 6) is 0.107. The number of hydrogen-bond acceptors (Lipinski definition) is 6. The fraction of sp³-hybridized carbons (Fsp3) is 0.697. The minimum absolute atomic E-state index is 0.00267. The molecule has 2 heterocycles. The molecular formula is C33H42O7. The van der Waals surface area contributed by atoms with Crippen LogP contribution in [-0.2, 0) is 35.1 Å². The second-order valence-electron chi connectivity index (χ2n) is 13.8. The molecule has 2 aliphatic heterocycles. The van der Waals surface area contributed by atoms with Crippen molar-refractivity contribution < 1.29 is 33.6 Å². The summed E-state index contributed by atoms with van der Waals surface area (Å²) in [6, 6.07) is 10.1. The standard InChI is InChI=1S/C33H42O7/c1-18(2)25-12-22-13-31(16-34)24-11-10-19(3)23(24)14-32(22,33(25,31)30(35)36)17-38-29-28-27(40-28)26(20(4)39-29)37-15-21-8-6-5-7-9-21/h5-9,12,16,18-20,22-24,26-29H,10-11,13-15,17H2,1-4H3,(H,35,36)/t19?,20-,22?,23?,24?,26-,27+,28+,29-,31?,32?,33?/m1/s1. The molecule has 7 heteroatoms. The summed E-state index contributed by atoms with van der Waals surface area (Å²) >= 11 is 0. The fourth-order valence-corrected chi connectivity index (χ4v) is 10.2. The summed E-state index contributed by atoms with van der Waals surface area (Å²) in [6.07, 6.45) is 5.30. The van der Waals surface area contributed by atoms with Crippen molar-refractivity contribution in [1.82, 2.24) is 0 Å². The van der Waals surface area contributed by atoms with Crippen molar-refractivity contribution in [3.63, 3.8) is 0 Å². The second kappa shape index (κ2) is 9.22. The number of rotatable bonds is 9. The number of carbonyl (C=O) groups excluding carboxylic acids is 1. The summed E-state index contributed by atoms with van der Waals surface area (Å²) < 4.78 is 25.2. The molecule has 216 valence electrons. The van der Waals surface area contributed by atoms with Gasteiger partial charge >= 0.3 is 5.97 Å². The molecule has 5 fully saturated rings. The highest BCUT2D eigenvalue weighted by Crippen LogP contribution is 2.82. The third-order valence-corrected chi connectivity index (χ3v) is 11.9. The minimum atomic E-state index is -1.24. The smallest absolute Gasteiger partial charge is 0.315 e. The van der Waals surface area contributed by atoms with Crippen LogP contribution < -0.4 is 0 Å². The molecule has 4 aliphatic carbocycles. The van der Waals surface area contributed by atoms with E-state index >= 15 is 0 Å². The Balaban J connectivity index is 1.15. The monoisotopic (exact) mass is 550 g/mol. The maximum atomic E-state index is 13.6. The first-order valence-electron chi connectivity index (χ1n) is 15.2. The third kappa shape index (κ3) is 3.32. The predicted octanol–water partition coefficient (Wildman–Crippen LogP) is 5.03. The normalized spacial score (nSPS) is 48.0. The van der Waals surface area contributed by atoms with Gasteiger partial charge in [-0.1, -0.05) is 69.2 Å². The van der Waals surface area contributed by atoms with Gasteiger partial charge in [-0.2, -0.15) is 0 Å². The molecular weight excluding hydrogens is 508 g/mol. The number of aldehydes is 1. The zero-order chi connectivity index (χ0) is 28.0. The summed E-state index contributed by atoms with van der Waals surface area (Å²) in [4.78, 5) is 26.8. The molecule has 40 heavy (non-hydrogen) atoms. The molecule has 0 aromatic heterocycles. The molecule has 0 amide bonds. The van der Waals surface area contributed by atoms with Crippen LogP contribution in [0.5, 0.6) is 0 Å². The number of allylic oxidation sites excluding steroid dienone is 1. The summed E-state index contributed by atoms with van der Waals surface area (Å²) in [5.41, 5.74) is -0.764. The Bertz CT molecular complexity index is 1210. The van der Waals surface area contributed by atoms with Crippen molar-refractivity contribution in [2.75, 3.05) is 6.61 Å². The summed E-state index contributed by atoms with van der Waals surface area (Å²) in [6.45, 7) is 9.14. The highest BCUT2D eigenvalue weighted by Gasteiger charge is 2.84. The number of aliphatic carboxylic acids is 1. The van der Waals surface area contributed by atoms with E-state index < -0.39 is 28.5 Å². The van der Waals surface area contributed by atoms with Crippen molar-refractivity contribution in [2.45, 2.75) is 90.7 Å². The van der Waals surface area contributed by atoms with Crippen LogP contribution in [-0.4, -0.2) is 54.7 Å². The van der Waals surface area contributed by atoms with Crippen molar-refractivity contribution in [3.8, 4) is 0 Å². The lowest BCUT2D eigenvalue weighted by atomic mass is 9.43. The van der Waals surface area contributed by atoms with E-state index in [2.05, 4.69) is 26.8 Å². The van der Waals surface area contributed by atoms with Crippen LogP contribution in [0.3, 0.4) is 0 Å². The van der Waals surface area contributed by atoms with Crippen LogP contribution in [0.4, 0.5) is 0 Å². The molecule has 2 saturated heterocycles. The van der Waals surface area contributed by atoms with Gasteiger partial charge in [0, 0.05) is 5.41 Å². The first-order chi connectivity index (χ1) is 19.2. The molecule has 7 rings (SSSR count). The molecule has 7 unspecified atom stereocenters. The van der Waals surface area contributed by atoms with E-state index in [0.717, 1.165) is 36.7 Å². The number of fused-ring (bicyclic) bond motifs is 3. The first-order valence-corrected chi connectivity index (χ1v) is 15.2. The third-order valence-electron chi connectivity index (χ3n) is 11.9. The molecule has 12 atom stereocenters. The van der Waals surface area contributed by atoms with Gasteiger partial charge in [-0.15, -0.1) is 0 Å². The predicted molar refractivity (Wildman–Crippen MR) is 146 cm³/mol. The largest absolute Gasteiger partial charge is 0.481 e. The number of carboxylic acid groups (broad SMARTS) is 1. The molecule has 1 aromatic rings. The molecule has 6 aliphatic rings. The Morgan fingerprint density at radius 1 is 1.10 bits per heavy atom. The molecule has 0 spiro atoms. The summed E-state index contributed by atoms with van der Waals surface area (Å²) in [7, 11) is 0. The number of hydrogen-bond donors (Lipinski definition) is 1. The number of carbonyl (C=O) groups is 2. The van der Waals surface area contributed by atoms with Crippen LogP contribution in [0.25, 0.3) is 0 Å². The van der Waals surface area contributed by atoms with Gasteiger partial charge in [0.1, 0.15) is 30.0 Å². The van der Waals surface area contributed by atoms with E-state index in [1.165, 1.54) is 0 Å². The molecule has 1 aromatic carbocycles. The van der Waals surface area contributed by atoms with E-state index in [1.54, 1.807) is 0 Å². The van der Waals surface area contributed by atoms with Crippen molar-refractivity contribution in [3.05, 3.63) is 47.5 Å². The van der Waals surface area contributed by atoms with Gasteiger partial charge < -0.3 is 28.8 Å². The SMILES string of the molecule is CC(C)C1=CC2CC3(C=O)C4CCC(C)C4CC2(CO[C@@H]2O[C@H](C)[C@@H](OCc4ccccc4)[C@@H]4O[C@H]24)C13C(=O)O. The highest BCUT2D eigenvalue weighted by atomic mass is 16.7. The fourth-order valence-electron chi connectivity index (χ4n) is 10.2. The Labute approximate surface area is 236 Å². The van der Waals surface area contributed by atoms with Gasteiger partial charge in [0.2, 0.25) is 0 Å². The zero-order valence-corrected chi connectivity index (χ0v) is 24.0. The molecule has 4 bridgehead atoms. The van der Waals surface area contributed by atoms with Crippen LogP contribution in [0.1, 0.15) is 58.9 Å². The van der Waals surface area contributed by atoms with Gasteiger partial charge in [0.05, 0.1) is 24.7 Å². The van der Waals surface area contributed by atoms with E-state index in [0.29, 0.717) is 24.9 Å². The van der Waals surface area contributed by atoms with Crippen LogP contribution in [0.15, 0.2) is 42.0 Å². The molecule has 1 N–H and O–H groups in total. The number of benzene rings is 1. The van der Waals surface area contributed by atoms with E-state index in [4.69, 9.17) is 18.9 Å². The molecule has 3 saturated carbocycles. The maximum absolute atomic E-state index is 13.6. The van der Waals surface area contributed by atoms with Crippen LogP contribution in [0.2, 0.25) is 0 Å². The van der Waals surface area contributed by atoms with Crippen molar-refractivity contribution in [2.24, 2.45) is 45.8 Å². The highest BCUT2D eigenvalue weighted by molar-refractivity contribution is 5.90. The maximum Gasteiger partial charge on any atom is 0.315 e. The van der Waals surface area contributed by atoms with Crippen LogP contribution in [0, 0.1) is 45.8 Å². The topological polar surface area (TPSA) is 94.6 Å². The van der Waals surface area contributed by atoms with E-state index in [9.17, 15) is 14.7 Å². The van der Waals surface area contributed by atoms with Crippen molar-refractivity contribution >= 4 is 12.3 Å². The van der Waals surface area contributed by atoms with E-state index in [1.807, 2.05) is 37.3 Å². The summed E-state index contributed by atoms with van der Waals surface area (Å²) in [5, 5.41) is 11.2. The van der Waals surface area contributed by atoms with Gasteiger partial charge in [-0.3, -0.25) is 4.79 Å². The quantitative estimate of drug-likeness (QED) is 0.262. The molecule has 0 radical (unpaired) electrons. The lowest BCUT2D eigenvalue weighted by molar-refractivity contribution is -0.240. The first kappa shape index (κ1) is 26.8. The molecule has 7 nitrogen and oxygen atoms in total. The number of ether oxygens (including phenoxy) is 4. The van der Waals surface area contributed by atoms with Crippen LogP contribution >= 0.6 is 0 Å². The van der Waals surface area contributed by atoms with Gasteiger partial charge in [0.25, 0.3) is 0 Å². The number of epoxide rings is 1. The van der Waals surface area contributed by atoms with Gasteiger partial charge in [0.15, 0.2) is 6.29 Å². The lowest BCUT2D eigenvalue weighted by Gasteiger charge is -2.58. The number of carboxylic acids is 1. The average molecular weight is 551 g/mol. The van der Waals surface area contributed by atoms with Gasteiger partial charge in [-0.05, 0) is 61.3 Å². The Morgan fingerprint density at radius 2 is 1.88 bits per heavy atom. The lowest BCUT2D eigenvalue weighted by Crippen LogP contribution is -2.64. The Hall–Kier alpha value is -2.06. The van der Waals surface area contributed by atoms with Gasteiger partial charge in [-0.25, -0.2) is 0 Å². The Morgan fingerprint density at radius 3 is 2.58 bits per heavy atom. The second-order valence-corrected chi connectivity index (χ2v) is 13.8. The minimum Gasteiger partial charge on any atom is -0.481 e. The zero-order valence-electron chi connectivity index (χ0n) is 24.0.